The lowest BCUT2D eigenvalue weighted by Gasteiger charge is -2.14. The predicted molar refractivity (Wildman–Crippen MR) is 94.6 cm³/mol. The van der Waals surface area contributed by atoms with Crippen molar-refractivity contribution in [2.75, 3.05) is 6.54 Å². The highest BCUT2D eigenvalue weighted by Gasteiger charge is 2.10. The third-order valence-electron chi connectivity index (χ3n) is 3.95. The van der Waals surface area contributed by atoms with Crippen LogP contribution in [0.4, 0.5) is 0 Å². The molecule has 0 spiro atoms. The van der Waals surface area contributed by atoms with Crippen molar-refractivity contribution in [3.8, 4) is 11.5 Å². The number of nitrogens with two attached hydrogens (primary N) is 1. The molecule has 0 bridgehead atoms. The van der Waals surface area contributed by atoms with Crippen molar-refractivity contribution < 1.29 is 4.74 Å². The van der Waals surface area contributed by atoms with Crippen LogP contribution in [-0.2, 0) is 13.5 Å². The SMILES string of the molecule is Cc1c(Oc2cc(Br)ccc2CCN)ccc2c1ccn2C. The van der Waals surface area contributed by atoms with Crippen LogP contribution in [0.3, 0.4) is 0 Å². The van der Waals surface area contributed by atoms with Gasteiger partial charge in [0.25, 0.3) is 0 Å². The molecule has 0 aliphatic rings. The Labute approximate surface area is 138 Å². The summed E-state index contributed by atoms with van der Waals surface area (Å²) in [6, 6.07) is 12.3. The highest BCUT2D eigenvalue weighted by Crippen LogP contribution is 2.34. The van der Waals surface area contributed by atoms with Crippen molar-refractivity contribution in [2.45, 2.75) is 13.3 Å². The van der Waals surface area contributed by atoms with Gasteiger partial charge in [-0.1, -0.05) is 22.0 Å². The first-order valence-corrected chi connectivity index (χ1v) is 8.10. The number of aryl methyl sites for hydroxylation is 2. The van der Waals surface area contributed by atoms with E-state index < -0.39 is 0 Å². The molecule has 0 aliphatic heterocycles. The van der Waals surface area contributed by atoms with Gasteiger partial charge in [0.05, 0.1) is 0 Å². The minimum absolute atomic E-state index is 0.606. The third kappa shape index (κ3) is 2.76. The summed E-state index contributed by atoms with van der Waals surface area (Å²) >= 11 is 3.51. The van der Waals surface area contributed by atoms with E-state index in [4.69, 9.17) is 10.5 Å². The molecule has 22 heavy (non-hydrogen) atoms. The second kappa shape index (κ2) is 6.15. The third-order valence-corrected chi connectivity index (χ3v) is 4.44. The Morgan fingerprint density at radius 2 is 1.95 bits per heavy atom. The molecule has 2 aromatic carbocycles. The molecule has 4 heteroatoms. The molecule has 0 aliphatic carbocycles. The van der Waals surface area contributed by atoms with Crippen LogP contribution >= 0.6 is 15.9 Å². The quantitative estimate of drug-likeness (QED) is 0.743. The van der Waals surface area contributed by atoms with E-state index in [1.54, 1.807) is 0 Å². The van der Waals surface area contributed by atoms with Gasteiger partial charge in [-0.2, -0.15) is 0 Å². The molecular weight excluding hydrogens is 340 g/mol. The molecule has 0 amide bonds. The summed E-state index contributed by atoms with van der Waals surface area (Å²) in [5.74, 6) is 1.74. The van der Waals surface area contributed by atoms with Crippen LogP contribution in [0, 0.1) is 6.92 Å². The van der Waals surface area contributed by atoms with Gasteiger partial charge in [0.2, 0.25) is 0 Å². The second-order valence-corrected chi connectivity index (χ2v) is 6.36. The Morgan fingerprint density at radius 1 is 1.14 bits per heavy atom. The minimum Gasteiger partial charge on any atom is -0.457 e. The van der Waals surface area contributed by atoms with Crippen LogP contribution in [0.2, 0.25) is 0 Å². The predicted octanol–water partition coefficient (Wildman–Crippen LogP) is 4.54. The van der Waals surface area contributed by atoms with Gasteiger partial charge in [0.1, 0.15) is 11.5 Å². The summed E-state index contributed by atoms with van der Waals surface area (Å²) in [5, 5.41) is 1.22. The molecule has 114 valence electrons. The van der Waals surface area contributed by atoms with Crippen LogP contribution in [0.25, 0.3) is 10.9 Å². The first kappa shape index (κ1) is 15.1. The molecule has 2 N–H and O–H groups in total. The summed E-state index contributed by atoms with van der Waals surface area (Å²) < 4.78 is 9.31. The Hall–Kier alpha value is -1.78. The van der Waals surface area contributed by atoms with Gasteiger partial charge in [-0.05, 0) is 55.8 Å². The van der Waals surface area contributed by atoms with E-state index in [0.29, 0.717) is 6.54 Å². The standard InChI is InChI=1S/C18H19BrN2O/c1-12-15-8-10-21(2)16(15)5-6-17(12)22-18-11-14(19)4-3-13(18)7-9-20/h3-6,8,10-11H,7,9,20H2,1-2H3. The molecule has 0 fully saturated rings. The number of rotatable bonds is 4. The van der Waals surface area contributed by atoms with Crippen molar-refractivity contribution in [2.24, 2.45) is 12.8 Å². The maximum Gasteiger partial charge on any atom is 0.131 e. The van der Waals surface area contributed by atoms with E-state index in [0.717, 1.165) is 33.5 Å². The van der Waals surface area contributed by atoms with Crippen molar-refractivity contribution in [1.82, 2.24) is 4.57 Å². The van der Waals surface area contributed by atoms with E-state index in [2.05, 4.69) is 58.9 Å². The Kier molecular flexibility index (Phi) is 4.23. The average Bonchev–Trinajstić information content (AvgIpc) is 2.87. The van der Waals surface area contributed by atoms with Crippen LogP contribution < -0.4 is 10.5 Å². The molecule has 3 aromatic rings. The zero-order valence-electron chi connectivity index (χ0n) is 12.8. The Bertz CT molecular complexity index is 823. The molecule has 1 aromatic heterocycles. The molecule has 0 saturated heterocycles. The highest BCUT2D eigenvalue weighted by atomic mass is 79.9. The van der Waals surface area contributed by atoms with E-state index in [9.17, 15) is 0 Å². The average molecular weight is 359 g/mol. The molecule has 0 unspecified atom stereocenters. The number of ether oxygens (including phenoxy) is 1. The topological polar surface area (TPSA) is 40.2 Å². The van der Waals surface area contributed by atoms with Gasteiger partial charge in [0, 0.05) is 34.2 Å². The largest absolute Gasteiger partial charge is 0.457 e. The molecule has 1 heterocycles. The van der Waals surface area contributed by atoms with E-state index in [1.807, 2.05) is 18.2 Å². The summed E-state index contributed by atoms with van der Waals surface area (Å²) in [6.07, 6.45) is 2.87. The van der Waals surface area contributed by atoms with Gasteiger partial charge in [-0.3, -0.25) is 0 Å². The van der Waals surface area contributed by atoms with Crippen LogP contribution in [0.5, 0.6) is 11.5 Å². The van der Waals surface area contributed by atoms with Gasteiger partial charge >= 0.3 is 0 Å². The number of halogens is 1. The molecule has 3 nitrogen and oxygen atoms in total. The van der Waals surface area contributed by atoms with Crippen molar-refractivity contribution in [1.29, 1.82) is 0 Å². The minimum atomic E-state index is 0.606. The summed E-state index contributed by atoms with van der Waals surface area (Å²) in [5.41, 5.74) is 9.18. The Morgan fingerprint density at radius 3 is 2.73 bits per heavy atom. The second-order valence-electron chi connectivity index (χ2n) is 5.44. The van der Waals surface area contributed by atoms with Crippen molar-refractivity contribution >= 4 is 26.8 Å². The Balaban J connectivity index is 2.03. The summed E-state index contributed by atoms with van der Waals surface area (Å²) in [6.45, 7) is 2.70. The smallest absolute Gasteiger partial charge is 0.131 e. The fourth-order valence-corrected chi connectivity index (χ4v) is 3.03. The van der Waals surface area contributed by atoms with E-state index >= 15 is 0 Å². The summed E-state index contributed by atoms with van der Waals surface area (Å²) in [7, 11) is 2.05. The summed E-state index contributed by atoms with van der Waals surface area (Å²) in [4.78, 5) is 0. The normalized spacial score (nSPS) is 11.1. The first-order chi connectivity index (χ1) is 10.6. The number of nitrogens with zero attached hydrogens (tertiary/aromatic N) is 1. The monoisotopic (exact) mass is 358 g/mol. The van der Waals surface area contributed by atoms with Gasteiger partial charge in [-0.15, -0.1) is 0 Å². The number of hydrogen-bond donors (Lipinski definition) is 1. The number of aromatic nitrogens is 1. The fraction of sp³-hybridized carbons (Fsp3) is 0.222. The van der Waals surface area contributed by atoms with Crippen LogP contribution in [-0.4, -0.2) is 11.1 Å². The molecular formula is C18H19BrN2O. The molecule has 0 saturated carbocycles. The fourth-order valence-electron chi connectivity index (χ4n) is 2.69. The first-order valence-electron chi connectivity index (χ1n) is 7.31. The van der Waals surface area contributed by atoms with Crippen molar-refractivity contribution in [3.05, 3.63) is 58.2 Å². The number of hydrogen-bond acceptors (Lipinski definition) is 2. The van der Waals surface area contributed by atoms with Crippen molar-refractivity contribution in [3.63, 3.8) is 0 Å². The van der Waals surface area contributed by atoms with Crippen LogP contribution in [0.1, 0.15) is 11.1 Å². The molecule has 0 atom stereocenters. The zero-order valence-corrected chi connectivity index (χ0v) is 14.4. The van der Waals surface area contributed by atoms with E-state index in [1.165, 1.54) is 10.9 Å². The number of fused-ring (bicyclic) bond motifs is 1. The van der Waals surface area contributed by atoms with E-state index in [-0.39, 0.29) is 0 Å². The highest BCUT2D eigenvalue weighted by molar-refractivity contribution is 9.10. The number of benzene rings is 2. The van der Waals surface area contributed by atoms with Gasteiger partial charge in [-0.25, -0.2) is 0 Å². The lowest BCUT2D eigenvalue weighted by atomic mass is 10.1. The zero-order chi connectivity index (χ0) is 15.7. The lowest BCUT2D eigenvalue weighted by molar-refractivity contribution is 0.473. The lowest BCUT2D eigenvalue weighted by Crippen LogP contribution is -2.04. The van der Waals surface area contributed by atoms with Crippen LogP contribution in [0.15, 0.2) is 47.1 Å². The maximum absolute atomic E-state index is 6.20. The maximum atomic E-state index is 6.20. The molecule has 0 radical (unpaired) electrons. The molecule has 3 rings (SSSR count). The van der Waals surface area contributed by atoms with Gasteiger partial charge < -0.3 is 15.0 Å². The van der Waals surface area contributed by atoms with Gasteiger partial charge in [0.15, 0.2) is 0 Å².